The topological polar surface area (TPSA) is 66.6 Å². The van der Waals surface area contributed by atoms with E-state index >= 15 is 0 Å². The van der Waals surface area contributed by atoms with Gasteiger partial charge in [-0.1, -0.05) is 12.1 Å². The van der Waals surface area contributed by atoms with Gasteiger partial charge >= 0.3 is 6.61 Å². The van der Waals surface area contributed by atoms with Gasteiger partial charge in [0.1, 0.15) is 0 Å². The molecular formula is C13H11ClF2N4O. The van der Waals surface area contributed by atoms with Crippen LogP contribution in [0.5, 0.6) is 5.88 Å². The Morgan fingerprint density at radius 1 is 1.29 bits per heavy atom. The predicted octanol–water partition coefficient (Wildman–Crippen LogP) is 3.60. The molecule has 0 fully saturated rings. The van der Waals surface area contributed by atoms with Crippen LogP contribution in [0, 0.1) is 6.92 Å². The quantitative estimate of drug-likeness (QED) is 0.723. The maximum absolute atomic E-state index is 12.3. The molecule has 3 aromatic rings. The first kappa shape index (κ1) is 13.8. The van der Waals surface area contributed by atoms with Gasteiger partial charge in [0.05, 0.1) is 22.8 Å². The van der Waals surface area contributed by atoms with Crippen LogP contribution in [0.2, 0.25) is 0 Å². The lowest BCUT2D eigenvalue weighted by Gasteiger charge is -2.02. The molecule has 5 nitrogen and oxygen atoms in total. The number of ether oxygens (including phenoxy) is 1. The standard InChI is InChI=1S/C13H11ClF2N4O/c1-6-11(19-20-12(6)21-13(15)16)7-2-3-8-9(4-7)17-18-10(8)5-14/h2-4,13H,5H2,1H3,(H,17,18)(H,19,20). The summed E-state index contributed by atoms with van der Waals surface area (Å²) in [6.07, 6.45) is 0. The molecule has 8 heteroatoms. The van der Waals surface area contributed by atoms with Gasteiger partial charge in [-0.2, -0.15) is 13.9 Å². The highest BCUT2D eigenvalue weighted by atomic mass is 35.5. The molecule has 0 saturated heterocycles. The molecular weight excluding hydrogens is 302 g/mol. The summed E-state index contributed by atoms with van der Waals surface area (Å²) >= 11 is 5.81. The Bertz CT molecular complexity index is 784. The van der Waals surface area contributed by atoms with Crippen molar-refractivity contribution in [3.63, 3.8) is 0 Å². The maximum Gasteiger partial charge on any atom is 0.388 e. The fourth-order valence-corrected chi connectivity index (χ4v) is 2.39. The Balaban J connectivity index is 2.02. The summed E-state index contributed by atoms with van der Waals surface area (Å²) in [7, 11) is 0. The molecule has 0 amide bonds. The molecule has 0 spiro atoms. The van der Waals surface area contributed by atoms with Gasteiger partial charge in [-0.05, 0) is 13.0 Å². The zero-order valence-corrected chi connectivity index (χ0v) is 11.7. The van der Waals surface area contributed by atoms with E-state index in [1.165, 1.54) is 0 Å². The third kappa shape index (κ3) is 2.44. The van der Waals surface area contributed by atoms with Gasteiger partial charge < -0.3 is 4.74 Å². The van der Waals surface area contributed by atoms with Crippen LogP contribution >= 0.6 is 11.6 Å². The van der Waals surface area contributed by atoms with E-state index in [1.54, 1.807) is 6.92 Å². The third-order valence-corrected chi connectivity index (χ3v) is 3.49. The van der Waals surface area contributed by atoms with Gasteiger partial charge in [0.15, 0.2) is 0 Å². The second-order valence-electron chi connectivity index (χ2n) is 4.47. The van der Waals surface area contributed by atoms with E-state index in [9.17, 15) is 8.78 Å². The Hall–Kier alpha value is -2.15. The van der Waals surface area contributed by atoms with Crippen molar-refractivity contribution in [2.45, 2.75) is 19.4 Å². The molecule has 0 saturated carbocycles. The zero-order chi connectivity index (χ0) is 15.0. The van der Waals surface area contributed by atoms with E-state index in [2.05, 4.69) is 25.1 Å². The maximum atomic E-state index is 12.3. The number of fused-ring (bicyclic) bond motifs is 1. The first-order chi connectivity index (χ1) is 10.1. The van der Waals surface area contributed by atoms with E-state index < -0.39 is 6.61 Å². The van der Waals surface area contributed by atoms with E-state index in [1.807, 2.05) is 18.2 Å². The lowest BCUT2D eigenvalue weighted by atomic mass is 10.1. The summed E-state index contributed by atoms with van der Waals surface area (Å²) in [4.78, 5) is 0. The minimum atomic E-state index is -2.90. The number of nitrogens with one attached hydrogen (secondary N) is 2. The molecule has 0 aliphatic heterocycles. The number of H-pyrrole nitrogens is 2. The van der Waals surface area contributed by atoms with Crippen molar-refractivity contribution in [2.24, 2.45) is 0 Å². The third-order valence-electron chi connectivity index (χ3n) is 3.22. The summed E-state index contributed by atoms with van der Waals surface area (Å²) in [5, 5.41) is 14.4. The van der Waals surface area contributed by atoms with Crippen molar-refractivity contribution in [2.75, 3.05) is 0 Å². The van der Waals surface area contributed by atoms with Crippen molar-refractivity contribution < 1.29 is 13.5 Å². The smallest absolute Gasteiger partial charge is 0.388 e. The van der Waals surface area contributed by atoms with Crippen LogP contribution < -0.4 is 4.74 Å². The molecule has 2 aromatic heterocycles. The molecule has 2 N–H and O–H groups in total. The molecule has 3 rings (SSSR count). The highest BCUT2D eigenvalue weighted by molar-refractivity contribution is 6.17. The predicted molar refractivity (Wildman–Crippen MR) is 74.6 cm³/mol. The Kier molecular flexibility index (Phi) is 3.50. The van der Waals surface area contributed by atoms with Gasteiger partial charge in [-0.25, -0.2) is 0 Å². The van der Waals surface area contributed by atoms with Crippen molar-refractivity contribution in [3.05, 3.63) is 29.5 Å². The average Bonchev–Trinajstić information content (AvgIpc) is 3.02. The number of aromatic amines is 2. The van der Waals surface area contributed by atoms with Crippen molar-refractivity contribution in [3.8, 4) is 17.1 Å². The van der Waals surface area contributed by atoms with E-state index in [0.29, 0.717) is 17.1 Å². The van der Waals surface area contributed by atoms with Crippen LogP contribution in [0.4, 0.5) is 8.78 Å². The van der Waals surface area contributed by atoms with Crippen molar-refractivity contribution in [1.29, 1.82) is 0 Å². The Morgan fingerprint density at radius 3 is 2.81 bits per heavy atom. The van der Waals surface area contributed by atoms with Crippen LogP contribution in [0.15, 0.2) is 18.2 Å². The molecule has 21 heavy (non-hydrogen) atoms. The minimum Gasteiger partial charge on any atom is -0.415 e. The molecule has 110 valence electrons. The summed E-state index contributed by atoms with van der Waals surface area (Å²) in [5.41, 5.74) is 3.49. The summed E-state index contributed by atoms with van der Waals surface area (Å²) < 4.78 is 28.9. The normalized spacial score (nSPS) is 11.5. The SMILES string of the molecule is Cc1c(OC(F)F)n[nH]c1-c1ccc2c(CCl)[nH]nc2c1. The Labute approximate surface area is 123 Å². The van der Waals surface area contributed by atoms with Crippen LogP contribution in [0.3, 0.4) is 0 Å². The summed E-state index contributed by atoms with van der Waals surface area (Å²) in [6, 6.07) is 5.55. The fourth-order valence-electron chi connectivity index (χ4n) is 2.19. The van der Waals surface area contributed by atoms with Crippen LogP contribution in [0.25, 0.3) is 22.2 Å². The molecule has 1 aromatic carbocycles. The molecule has 2 heterocycles. The molecule has 0 aliphatic carbocycles. The molecule has 0 unspecified atom stereocenters. The highest BCUT2D eigenvalue weighted by Gasteiger charge is 2.16. The Morgan fingerprint density at radius 2 is 2.10 bits per heavy atom. The number of nitrogens with zero attached hydrogens (tertiary/aromatic N) is 2. The highest BCUT2D eigenvalue weighted by Crippen LogP contribution is 2.30. The molecule has 0 aliphatic rings. The van der Waals surface area contributed by atoms with E-state index in [4.69, 9.17) is 11.6 Å². The second kappa shape index (κ2) is 5.33. The van der Waals surface area contributed by atoms with Gasteiger partial charge in [-0.3, -0.25) is 10.2 Å². The van der Waals surface area contributed by atoms with Gasteiger partial charge in [0.25, 0.3) is 0 Å². The van der Waals surface area contributed by atoms with Crippen molar-refractivity contribution >= 4 is 22.5 Å². The number of hydrogen-bond acceptors (Lipinski definition) is 3. The molecule has 0 bridgehead atoms. The number of hydrogen-bond donors (Lipinski definition) is 2. The van der Waals surface area contributed by atoms with Gasteiger partial charge in [-0.15, -0.1) is 16.7 Å². The number of rotatable bonds is 4. The average molecular weight is 313 g/mol. The van der Waals surface area contributed by atoms with Crippen LogP contribution in [-0.4, -0.2) is 27.0 Å². The van der Waals surface area contributed by atoms with Crippen LogP contribution in [0.1, 0.15) is 11.3 Å². The number of benzene rings is 1. The monoisotopic (exact) mass is 312 g/mol. The van der Waals surface area contributed by atoms with Crippen LogP contribution in [-0.2, 0) is 5.88 Å². The molecule has 0 radical (unpaired) electrons. The lowest BCUT2D eigenvalue weighted by molar-refractivity contribution is -0.0533. The zero-order valence-electron chi connectivity index (χ0n) is 11.0. The molecule has 0 atom stereocenters. The number of aromatic nitrogens is 4. The number of alkyl halides is 3. The van der Waals surface area contributed by atoms with E-state index in [-0.39, 0.29) is 5.88 Å². The number of halogens is 3. The fraction of sp³-hybridized carbons (Fsp3) is 0.231. The second-order valence-corrected chi connectivity index (χ2v) is 4.74. The minimum absolute atomic E-state index is 0.108. The van der Waals surface area contributed by atoms with Gasteiger partial charge in [0, 0.05) is 16.5 Å². The lowest BCUT2D eigenvalue weighted by Crippen LogP contribution is -2.03. The largest absolute Gasteiger partial charge is 0.415 e. The van der Waals surface area contributed by atoms with E-state index in [0.717, 1.165) is 22.2 Å². The summed E-state index contributed by atoms with van der Waals surface area (Å²) in [6.45, 7) is -1.24. The summed E-state index contributed by atoms with van der Waals surface area (Å²) in [5.74, 6) is 0.231. The first-order valence-electron chi connectivity index (χ1n) is 6.13. The first-order valence-corrected chi connectivity index (χ1v) is 6.66. The van der Waals surface area contributed by atoms with Crippen molar-refractivity contribution in [1.82, 2.24) is 20.4 Å². The van der Waals surface area contributed by atoms with Gasteiger partial charge in [0.2, 0.25) is 5.88 Å².